The number of ether oxygens (including phenoxy) is 1. The largest absolute Gasteiger partial charge is 0.469 e. The third kappa shape index (κ3) is 4.75. The summed E-state index contributed by atoms with van der Waals surface area (Å²) in [6.07, 6.45) is 4.12. The zero-order valence-electron chi connectivity index (χ0n) is 17.5. The third-order valence-electron chi connectivity index (χ3n) is 6.29. The standard InChI is InChI=1S/C22H30N4O4/c1-29-20(27)6-11-23-21(28)16-7-12-25(13-8-16)17-9-14-26(15-10-17)22-24-18-4-2-3-5-19(18)30-22/h2-5,16-17H,6-15H2,1H3,(H,23,28). The number of rotatable bonds is 6. The van der Waals surface area contributed by atoms with Gasteiger partial charge in [0.15, 0.2) is 5.58 Å². The summed E-state index contributed by atoms with van der Waals surface area (Å²) in [6, 6.07) is 9.14. The third-order valence-corrected chi connectivity index (χ3v) is 6.29. The maximum absolute atomic E-state index is 12.3. The van der Waals surface area contributed by atoms with Crippen LogP contribution in [0, 0.1) is 5.92 Å². The number of para-hydroxylation sites is 2. The molecule has 0 unspecified atom stereocenters. The van der Waals surface area contributed by atoms with Crippen LogP contribution in [0.4, 0.5) is 6.01 Å². The Morgan fingerprint density at radius 1 is 1.13 bits per heavy atom. The Bertz CT molecular complexity index is 834. The number of aromatic nitrogens is 1. The molecule has 1 aromatic heterocycles. The Morgan fingerprint density at radius 2 is 1.87 bits per heavy atom. The molecular weight excluding hydrogens is 384 g/mol. The fourth-order valence-electron chi connectivity index (χ4n) is 4.48. The molecule has 8 heteroatoms. The number of carbonyl (C=O) groups is 2. The Morgan fingerprint density at radius 3 is 2.57 bits per heavy atom. The maximum atomic E-state index is 12.3. The van der Waals surface area contributed by atoms with Crippen molar-refractivity contribution in [1.29, 1.82) is 0 Å². The SMILES string of the molecule is COC(=O)CCNC(=O)C1CCN(C2CCN(c3nc4ccccc4o3)CC2)CC1. The van der Waals surface area contributed by atoms with Crippen LogP contribution in [0.1, 0.15) is 32.1 Å². The summed E-state index contributed by atoms with van der Waals surface area (Å²) < 4.78 is 10.5. The molecule has 2 aromatic rings. The lowest BCUT2D eigenvalue weighted by molar-refractivity contribution is -0.140. The Labute approximate surface area is 176 Å². The van der Waals surface area contributed by atoms with E-state index in [2.05, 4.69) is 24.8 Å². The van der Waals surface area contributed by atoms with Crippen LogP contribution in [0.15, 0.2) is 28.7 Å². The minimum absolute atomic E-state index is 0.0405. The van der Waals surface area contributed by atoms with Gasteiger partial charge in [-0.3, -0.25) is 9.59 Å². The van der Waals surface area contributed by atoms with E-state index in [1.807, 2.05) is 24.3 Å². The fourth-order valence-corrected chi connectivity index (χ4v) is 4.48. The predicted octanol–water partition coefficient (Wildman–Crippen LogP) is 2.19. The highest BCUT2D eigenvalue weighted by molar-refractivity contribution is 5.79. The molecule has 2 saturated heterocycles. The van der Waals surface area contributed by atoms with Gasteiger partial charge in [-0.15, -0.1) is 0 Å². The van der Waals surface area contributed by atoms with E-state index in [0.717, 1.165) is 69.0 Å². The van der Waals surface area contributed by atoms with Crippen molar-refractivity contribution in [3.63, 3.8) is 0 Å². The first-order valence-electron chi connectivity index (χ1n) is 10.8. The maximum Gasteiger partial charge on any atom is 0.307 e. The van der Waals surface area contributed by atoms with Crippen molar-refractivity contribution < 1.29 is 18.7 Å². The highest BCUT2D eigenvalue weighted by Gasteiger charge is 2.31. The van der Waals surface area contributed by atoms with Crippen molar-refractivity contribution in [2.75, 3.05) is 44.7 Å². The number of piperidine rings is 2. The van der Waals surface area contributed by atoms with E-state index in [0.29, 0.717) is 12.6 Å². The first kappa shape index (κ1) is 20.7. The predicted molar refractivity (Wildman–Crippen MR) is 113 cm³/mol. The van der Waals surface area contributed by atoms with Gasteiger partial charge in [-0.2, -0.15) is 4.98 Å². The molecule has 0 radical (unpaired) electrons. The van der Waals surface area contributed by atoms with Crippen molar-refractivity contribution in [1.82, 2.24) is 15.2 Å². The molecule has 1 aromatic carbocycles. The van der Waals surface area contributed by atoms with Gasteiger partial charge in [0.25, 0.3) is 6.01 Å². The van der Waals surface area contributed by atoms with Crippen LogP contribution in [0.3, 0.4) is 0 Å². The molecule has 0 atom stereocenters. The van der Waals surface area contributed by atoms with E-state index >= 15 is 0 Å². The van der Waals surface area contributed by atoms with Crippen molar-refractivity contribution >= 4 is 29.0 Å². The monoisotopic (exact) mass is 414 g/mol. The number of oxazole rings is 1. The number of amides is 1. The van der Waals surface area contributed by atoms with Crippen molar-refractivity contribution in [2.45, 2.75) is 38.1 Å². The van der Waals surface area contributed by atoms with Gasteiger partial charge in [0.1, 0.15) is 5.52 Å². The molecule has 0 spiro atoms. The molecule has 2 fully saturated rings. The van der Waals surface area contributed by atoms with Crippen LogP contribution in [-0.2, 0) is 14.3 Å². The zero-order valence-corrected chi connectivity index (χ0v) is 17.5. The lowest BCUT2D eigenvalue weighted by atomic mass is 9.93. The minimum Gasteiger partial charge on any atom is -0.469 e. The quantitative estimate of drug-likeness (QED) is 0.725. The molecule has 0 bridgehead atoms. The van der Waals surface area contributed by atoms with Gasteiger partial charge in [-0.05, 0) is 50.9 Å². The molecule has 2 aliphatic rings. The number of benzene rings is 1. The summed E-state index contributed by atoms with van der Waals surface area (Å²) in [5.41, 5.74) is 1.74. The zero-order chi connectivity index (χ0) is 20.9. The van der Waals surface area contributed by atoms with Crippen LogP contribution in [0.5, 0.6) is 0 Å². The highest BCUT2D eigenvalue weighted by Crippen LogP contribution is 2.28. The number of likely N-dealkylation sites (tertiary alicyclic amines) is 1. The number of hydrogen-bond acceptors (Lipinski definition) is 7. The molecule has 0 saturated carbocycles. The number of nitrogens with one attached hydrogen (secondary N) is 1. The lowest BCUT2D eigenvalue weighted by Gasteiger charge is -2.41. The summed E-state index contributed by atoms with van der Waals surface area (Å²) in [7, 11) is 1.36. The fraction of sp³-hybridized carbons (Fsp3) is 0.591. The molecule has 3 heterocycles. The molecule has 1 amide bonds. The molecule has 1 N–H and O–H groups in total. The van der Waals surface area contributed by atoms with E-state index in [4.69, 9.17) is 4.42 Å². The minimum atomic E-state index is -0.297. The van der Waals surface area contributed by atoms with Gasteiger partial charge in [0.05, 0.1) is 13.5 Å². The second-order valence-corrected chi connectivity index (χ2v) is 8.11. The van der Waals surface area contributed by atoms with E-state index in [1.54, 1.807) is 0 Å². The molecule has 2 aliphatic heterocycles. The highest BCUT2D eigenvalue weighted by atomic mass is 16.5. The van der Waals surface area contributed by atoms with Crippen molar-refractivity contribution in [3.8, 4) is 0 Å². The van der Waals surface area contributed by atoms with E-state index in [9.17, 15) is 9.59 Å². The van der Waals surface area contributed by atoms with Crippen molar-refractivity contribution in [2.24, 2.45) is 5.92 Å². The summed E-state index contributed by atoms with van der Waals surface area (Å²) in [6.45, 7) is 4.11. The number of esters is 1. The topological polar surface area (TPSA) is 87.9 Å². The van der Waals surface area contributed by atoms with Gasteiger partial charge in [0.2, 0.25) is 5.91 Å². The summed E-state index contributed by atoms with van der Waals surface area (Å²) in [5, 5.41) is 2.86. The molecule has 8 nitrogen and oxygen atoms in total. The first-order valence-corrected chi connectivity index (χ1v) is 10.8. The van der Waals surface area contributed by atoms with E-state index in [1.165, 1.54) is 7.11 Å². The van der Waals surface area contributed by atoms with Gasteiger partial charge in [-0.25, -0.2) is 0 Å². The smallest absolute Gasteiger partial charge is 0.307 e. The van der Waals surface area contributed by atoms with Crippen LogP contribution in [0.25, 0.3) is 11.1 Å². The Balaban J connectivity index is 1.21. The summed E-state index contributed by atoms with van der Waals surface area (Å²) in [5.74, 6) is -0.197. The molecule has 4 rings (SSSR count). The number of hydrogen-bond donors (Lipinski definition) is 1. The van der Waals surface area contributed by atoms with Crippen LogP contribution >= 0.6 is 0 Å². The average Bonchev–Trinajstić information content (AvgIpc) is 3.23. The Hall–Kier alpha value is -2.61. The molecule has 30 heavy (non-hydrogen) atoms. The molecule has 162 valence electrons. The first-order chi connectivity index (χ1) is 14.6. The van der Waals surface area contributed by atoms with Gasteiger partial charge in [-0.1, -0.05) is 12.1 Å². The van der Waals surface area contributed by atoms with Gasteiger partial charge >= 0.3 is 5.97 Å². The number of fused-ring (bicyclic) bond motifs is 1. The summed E-state index contributed by atoms with van der Waals surface area (Å²) >= 11 is 0. The Kier molecular flexibility index (Phi) is 6.52. The van der Waals surface area contributed by atoms with E-state index in [-0.39, 0.29) is 24.2 Å². The summed E-state index contributed by atoms with van der Waals surface area (Å²) in [4.78, 5) is 32.9. The number of carbonyl (C=O) groups excluding carboxylic acids is 2. The van der Waals surface area contributed by atoms with E-state index < -0.39 is 0 Å². The van der Waals surface area contributed by atoms with Gasteiger partial charge < -0.3 is 24.3 Å². The van der Waals surface area contributed by atoms with Gasteiger partial charge in [0, 0.05) is 31.6 Å². The van der Waals surface area contributed by atoms with Crippen LogP contribution < -0.4 is 10.2 Å². The number of methoxy groups -OCH3 is 1. The normalized spacial score (nSPS) is 19.2. The second kappa shape index (κ2) is 9.47. The molecular formula is C22H30N4O4. The molecule has 0 aliphatic carbocycles. The second-order valence-electron chi connectivity index (χ2n) is 8.11. The van der Waals surface area contributed by atoms with Crippen LogP contribution in [0.2, 0.25) is 0 Å². The number of nitrogens with zero attached hydrogens (tertiary/aromatic N) is 3. The average molecular weight is 415 g/mol. The van der Waals surface area contributed by atoms with Crippen LogP contribution in [-0.4, -0.2) is 67.6 Å². The number of anilines is 1. The lowest BCUT2D eigenvalue weighted by Crippen LogP contribution is -2.49. The van der Waals surface area contributed by atoms with Crippen molar-refractivity contribution in [3.05, 3.63) is 24.3 Å².